The van der Waals surface area contributed by atoms with Gasteiger partial charge in [0, 0.05) is 27.2 Å². The van der Waals surface area contributed by atoms with Crippen molar-refractivity contribution < 1.29 is 30.0 Å². The Bertz CT molecular complexity index is 1060. The van der Waals surface area contributed by atoms with Crippen molar-refractivity contribution in [3.05, 3.63) is 24.3 Å². The zero-order chi connectivity index (χ0) is 21.3. The topological polar surface area (TPSA) is 138 Å². The highest BCUT2D eigenvalue weighted by atomic mass is 32.2. The second kappa shape index (κ2) is 8.06. The van der Waals surface area contributed by atoms with E-state index < -0.39 is 48.4 Å². The smallest absolute Gasteiger partial charge is 0.243 e. The molecule has 0 saturated carbocycles. The summed E-state index contributed by atoms with van der Waals surface area (Å²) in [6, 6.07) is 4.31. The number of rotatable bonds is 7. The molecule has 2 rings (SSSR count). The van der Waals surface area contributed by atoms with Crippen molar-refractivity contribution in [2.24, 2.45) is 0 Å². The number of hydrogen-bond donors (Lipinski definition) is 1. The number of hydrogen-bond acceptors (Lipinski definition) is 7. The van der Waals surface area contributed by atoms with Gasteiger partial charge in [0.05, 0.1) is 27.8 Å². The van der Waals surface area contributed by atoms with Crippen molar-refractivity contribution in [3.63, 3.8) is 0 Å². The second-order valence-electron chi connectivity index (χ2n) is 6.69. The van der Waals surface area contributed by atoms with E-state index in [1.54, 1.807) is 0 Å². The third kappa shape index (κ3) is 5.08. The molecule has 0 aromatic heterocycles. The highest BCUT2D eigenvalue weighted by molar-refractivity contribution is 7.91. The van der Waals surface area contributed by atoms with Gasteiger partial charge in [-0.3, -0.25) is 4.79 Å². The lowest BCUT2D eigenvalue weighted by molar-refractivity contribution is -0.121. The normalized spacial score (nSPS) is 19.8. The van der Waals surface area contributed by atoms with Crippen LogP contribution in [0, 0.1) is 0 Å². The molecule has 1 atom stereocenters. The van der Waals surface area contributed by atoms with Gasteiger partial charge in [-0.05, 0) is 24.6 Å². The lowest BCUT2D eigenvalue weighted by Gasteiger charge is -2.19. The maximum Gasteiger partial charge on any atom is 0.243 e. The second-order valence-corrected chi connectivity index (χ2v) is 13.1. The van der Waals surface area contributed by atoms with Gasteiger partial charge >= 0.3 is 0 Å². The number of nitrogens with zero attached hydrogens (tertiary/aromatic N) is 2. The summed E-state index contributed by atoms with van der Waals surface area (Å²) >= 11 is 0. The molecule has 1 aromatic carbocycles. The number of benzene rings is 1. The highest BCUT2D eigenvalue weighted by Crippen LogP contribution is 2.20. The Morgan fingerprint density at radius 3 is 2.18 bits per heavy atom. The van der Waals surface area contributed by atoms with Gasteiger partial charge in [0.1, 0.15) is 0 Å². The lowest BCUT2D eigenvalue weighted by atomic mass is 10.2. The summed E-state index contributed by atoms with van der Waals surface area (Å²) in [6.07, 6.45) is 0.287. The predicted molar refractivity (Wildman–Crippen MR) is 102 cm³/mol. The maximum atomic E-state index is 12.7. The average Bonchev–Trinajstić information content (AvgIpc) is 2.93. The Morgan fingerprint density at radius 1 is 1.11 bits per heavy atom. The minimum atomic E-state index is -4.13. The number of carbonyl (C=O) groups excluding carboxylic acids is 1. The minimum Gasteiger partial charge on any atom is -0.351 e. The number of carbonyl (C=O) groups is 1. The Kier molecular flexibility index (Phi) is 6.55. The van der Waals surface area contributed by atoms with Crippen molar-refractivity contribution >= 4 is 35.8 Å². The van der Waals surface area contributed by atoms with Crippen LogP contribution in [0.3, 0.4) is 0 Å². The molecule has 13 heteroatoms. The van der Waals surface area contributed by atoms with E-state index in [0.717, 1.165) is 14.7 Å². The zero-order valence-corrected chi connectivity index (χ0v) is 18.1. The Hall–Kier alpha value is -1.54. The van der Waals surface area contributed by atoms with Gasteiger partial charge < -0.3 is 5.32 Å². The SMILES string of the molecule is CN(C)S(=O)(=O)c1cccc(S(=O)(=O)N(C)CC(=O)N[C@@H]2CCS(=O)(=O)C2)c1. The van der Waals surface area contributed by atoms with E-state index in [1.807, 2.05) is 0 Å². The highest BCUT2D eigenvalue weighted by Gasteiger charge is 2.30. The molecule has 10 nitrogen and oxygen atoms in total. The van der Waals surface area contributed by atoms with E-state index in [1.165, 1.54) is 39.3 Å². The van der Waals surface area contributed by atoms with E-state index >= 15 is 0 Å². The Balaban J connectivity index is 2.15. The number of sulfonamides is 2. The van der Waals surface area contributed by atoms with E-state index in [0.29, 0.717) is 0 Å². The molecule has 1 aromatic rings. The largest absolute Gasteiger partial charge is 0.351 e. The van der Waals surface area contributed by atoms with Crippen LogP contribution in [0.15, 0.2) is 34.1 Å². The molecule has 1 fully saturated rings. The summed E-state index contributed by atoms with van der Waals surface area (Å²) in [7, 11) is -7.28. The fourth-order valence-corrected chi connectivity index (χ4v) is 6.52. The van der Waals surface area contributed by atoms with Gasteiger partial charge in [-0.1, -0.05) is 6.07 Å². The van der Waals surface area contributed by atoms with Crippen LogP contribution in [0.1, 0.15) is 6.42 Å². The van der Waals surface area contributed by atoms with Gasteiger partial charge in [0.15, 0.2) is 9.84 Å². The molecule has 158 valence electrons. The van der Waals surface area contributed by atoms with Crippen molar-refractivity contribution in [3.8, 4) is 0 Å². The lowest BCUT2D eigenvalue weighted by Crippen LogP contribution is -2.43. The molecule has 0 spiro atoms. The summed E-state index contributed by atoms with van der Waals surface area (Å²) < 4.78 is 74.4. The van der Waals surface area contributed by atoms with E-state index in [9.17, 15) is 30.0 Å². The molecule has 1 amide bonds. The van der Waals surface area contributed by atoms with Crippen molar-refractivity contribution in [1.82, 2.24) is 13.9 Å². The van der Waals surface area contributed by atoms with E-state index in [2.05, 4.69) is 5.32 Å². The number of amides is 1. The Labute approximate surface area is 165 Å². The third-order valence-electron chi connectivity index (χ3n) is 4.26. The average molecular weight is 454 g/mol. The molecular formula is C15H23N3O7S3. The summed E-state index contributed by atoms with van der Waals surface area (Å²) in [6.45, 7) is -0.524. The van der Waals surface area contributed by atoms with Crippen LogP contribution in [-0.4, -0.2) is 85.0 Å². The molecule has 1 saturated heterocycles. The standard InChI is InChI=1S/C15H23N3O7S3/c1-17(2)27(22,23)13-5-4-6-14(9-13)28(24,25)18(3)10-15(19)16-12-7-8-26(20,21)11-12/h4-6,9,12H,7-8,10-11H2,1-3H3,(H,16,19)/t12-/m1/s1. The number of likely N-dealkylation sites (N-methyl/N-ethyl adjacent to an activating group) is 1. The van der Waals surface area contributed by atoms with Crippen LogP contribution in [0.5, 0.6) is 0 Å². The predicted octanol–water partition coefficient (Wildman–Crippen LogP) is -1.14. The summed E-state index contributed by atoms with van der Waals surface area (Å²) in [5.41, 5.74) is 0. The molecule has 0 unspecified atom stereocenters. The molecule has 1 aliphatic rings. The first kappa shape index (κ1) is 22.7. The van der Waals surface area contributed by atoms with E-state index in [4.69, 9.17) is 0 Å². The molecule has 0 bridgehead atoms. The number of nitrogens with one attached hydrogen (secondary N) is 1. The first-order valence-electron chi connectivity index (χ1n) is 8.24. The first-order valence-corrected chi connectivity index (χ1v) is 12.9. The van der Waals surface area contributed by atoms with Crippen LogP contribution < -0.4 is 5.32 Å². The van der Waals surface area contributed by atoms with Gasteiger partial charge in [-0.15, -0.1) is 0 Å². The van der Waals surface area contributed by atoms with Gasteiger partial charge in [0.25, 0.3) is 0 Å². The van der Waals surface area contributed by atoms with Crippen LogP contribution in [-0.2, 0) is 34.7 Å². The summed E-state index contributed by atoms with van der Waals surface area (Å²) in [4.78, 5) is 11.6. The third-order valence-corrected chi connectivity index (χ3v) is 9.63. The maximum absolute atomic E-state index is 12.7. The number of sulfone groups is 1. The van der Waals surface area contributed by atoms with Gasteiger partial charge in [0.2, 0.25) is 26.0 Å². The minimum absolute atomic E-state index is 0.0147. The zero-order valence-electron chi connectivity index (χ0n) is 15.7. The fraction of sp³-hybridized carbons (Fsp3) is 0.533. The van der Waals surface area contributed by atoms with Crippen molar-refractivity contribution in [1.29, 1.82) is 0 Å². The molecule has 1 heterocycles. The van der Waals surface area contributed by atoms with Gasteiger partial charge in [-0.2, -0.15) is 4.31 Å². The molecular weight excluding hydrogens is 430 g/mol. The van der Waals surface area contributed by atoms with Crippen LogP contribution in [0.4, 0.5) is 0 Å². The van der Waals surface area contributed by atoms with Crippen LogP contribution in [0.2, 0.25) is 0 Å². The monoisotopic (exact) mass is 453 g/mol. The Morgan fingerprint density at radius 2 is 1.68 bits per heavy atom. The van der Waals surface area contributed by atoms with Crippen molar-refractivity contribution in [2.45, 2.75) is 22.3 Å². The van der Waals surface area contributed by atoms with Gasteiger partial charge in [-0.25, -0.2) is 29.6 Å². The summed E-state index contributed by atoms with van der Waals surface area (Å²) in [5.74, 6) is -0.816. The molecule has 28 heavy (non-hydrogen) atoms. The molecule has 1 aliphatic heterocycles. The van der Waals surface area contributed by atoms with Crippen LogP contribution >= 0.6 is 0 Å². The summed E-state index contributed by atoms with van der Waals surface area (Å²) in [5, 5.41) is 2.51. The molecule has 0 radical (unpaired) electrons. The van der Waals surface area contributed by atoms with Crippen molar-refractivity contribution in [2.75, 3.05) is 39.2 Å². The first-order chi connectivity index (χ1) is 12.8. The van der Waals surface area contributed by atoms with E-state index in [-0.39, 0.29) is 27.7 Å². The molecule has 0 aliphatic carbocycles. The fourth-order valence-electron chi connectivity index (χ4n) is 2.66. The quantitative estimate of drug-likeness (QED) is 0.551. The molecule has 1 N–H and O–H groups in total. The van der Waals surface area contributed by atoms with Crippen LogP contribution in [0.25, 0.3) is 0 Å².